The first-order valence-corrected chi connectivity index (χ1v) is 11.1. The fourth-order valence-corrected chi connectivity index (χ4v) is 4.50. The van der Waals surface area contributed by atoms with Crippen LogP contribution in [0.15, 0.2) is 48.5 Å². The molecule has 176 valence electrons. The second kappa shape index (κ2) is 10.8. The van der Waals surface area contributed by atoms with Crippen molar-refractivity contribution in [2.75, 3.05) is 6.54 Å². The van der Waals surface area contributed by atoms with Crippen LogP contribution in [0.5, 0.6) is 0 Å². The number of hydrogen-bond acceptors (Lipinski definition) is 4. The van der Waals surface area contributed by atoms with E-state index in [2.05, 4.69) is 10.6 Å². The third-order valence-corrected chi connectivity index (χ3v) is 6.42. The van der Waals surface area contributed by atoms with E-state index in [-0.39, 0.29) is 22.9 Å². The van der Waals surface area contributed by atoms with Crippen molar-refractivity contribution in [1.82, 2.24) is 10.6 Å². The molecule has 2 aromatic rings. The molecule has 0 spiro atoms. The molecule has 0 radical (unpaired) electrons. The lowest BCUT2D eigenvalue weighted by Crippen LogP contribution is -2.52. The van der Waals surface area contributed by atoms with E-state index >= 15 is 0 Å². The number of aliphatic hydroxyl groups excluding tert-OH is 1. The molecule has 1 saturated carbocycles. The van der Waals surface area contributed by atoms with Gasteiger partial charge in [0.2, 0.25) is 11.8 Å². The molecular weight excluding hydrogens is 449 g/mol. The van der Waals surface area contributed by atoms with Crippen LogP contribution in [0.4, 0.5) is 4.39 Å². The highest BCUT2D eigenvalue weighted by Gasteiger charge is 2.42. The van der Waals surface area contributed by atoms with Crippen molar-refractivity contribution < 1.29 is 23.9 Å². The van der Waals surface area contributed by atoms with Gasteiger partial charge in [0, 0.05) is 12.0 Å². The number of nitrogens with two attached hydrogens (primary N) is 1. The number of rotatable bonds is 9. The summed E-state index contributed by atoms with van der Waals surface area (Å²) in [6.07, 6.45) is 1.43. The summed E-state index contributed by atoms with van der Waals surface area (Å²) in [6.45, 7) is 0.127. The highest BCUT2D eigenvalue weighted by Crippen LogP contribution is 2.41. The summed E-state index contributed by atoms with van der Waals surface area (Å²) in [5.41, 5.74) is 5.66. The molecule has 0 aliphatic heterocycles. The SMILES string of the molecule is NC(=O)CC(NC(=O)c1ccccc1Cl)C(=O)NCC1(Cc2ccc(F)cc2)CCCC1O. The molecule has 0 aromatic heterocycles. The number of benzene rings is 2. The van der Waals surface area contributed by atoms with Crippen LogP contribution in [-0.4, -0.2) is 41.5 Å². The zero-order chi connectivity index (χ0) is 24.0. The fourth-order valence-electron chi connectivity index (χ4n) is 4.28. The molecule has 1 aliphatic rings. The minimum Gasteiger partial charge on any atom is -0.392 e. The van der Waals surface area contributed by atoms with E-state index in [4.69, 9.17) is 17.3 Å². The van der Waals surface area contributed by atoms with E-state index in [9.17, 15) is 23.9 Å². The summed E-state index contributed by atoms with van der Waals surface area (Å²) in [5.74, 6) is -2.30. The molecule has 3 rings (SSSR count). The monoisotopic (exact) mass is 475 g/mol. The number of primary amides is 1. The van der Waals surface area contributed by atoms with Gasteiger partial charge in [-0.25, -0.2) is 4.39 Å². The summed E-state index contributed by atoms with van der Waals surface area (Å²) >= 11 is 6.05. The van der Waals surface area contributed by atoms with Crippen LogP contribution < -0.4 is 16.4 Å². The number of halogens is 2. The van der Waals surface area contributed by atoms with Gasteiger partial charge < -0.3 is 21.5 Å². The number of carbonyl (C=O) groups excluding carboxylic acids is 3. The Morgan fingerprint density at radius 3 is 2.48 bits per heavy atom. The normalized spacial score (nSPS) is 20.8. The van der Waals surface area contributed by atoms with Crippen LogP contribution >= 0.6 is 11.6 Å². The molecule has 5 N–H and O–H groups in total. The minimum absolute atomic E-state index is 0.127. The number of carbonyl (C=O) groups is 3. The number of amides is 3. The smallest absolute Gasteiger partial charge is 0.253 e. The van der Waals surface area contributed by atoms with Gasteiger partial charge in [0.15, 0.2) is 0 Å². The van der Waals surface area contributed by atoms with Crippen molar-refractivity contribution in [2.45, 2.75) is 44.2 Å². The van der Waals surface area contributed by atoms with Gasteiger partial charge in [-0.2, -0.15) is 0 Å². The quantitative estimate of drug-likeness (QED) is 0.444. The Kier molecular flexibility index (Phi) is 8.05. The zero-order valence-electron chi connectivity index (χ0n) is 18.0. The Morgan fingerprint density at radius 1 is 1.18 bits per heavy atom. The maximum absolute atomic E-state index is 13.3. The molecule has 3 unspecified atom stereocenters. The van der Waals surface area contributed by atoms with Gasteiger partial charge in [-0.15, -0.1) is 0 Å². The standard InChI is InChI=1S/C24H27ClFN3O4/c25-18-5-2-1-4-17(18)22(32)29-19(12-21(27)31)23(33)28-14-24(11-3-6-20(24)30)13-15-7-9-16(26)10-8-15/h1-2,4-5,7-10,19-20,30H,3,6,11-14H2,(H2,27,31)(H,28,33)(H,29,32). The van der Waals surface area contributed by atoms with Gasteiger partial charge in [-0.05, 0) is 49.1 Å². The molecule has 1 aliphatic carbocycles. The Hall–Kier alpha value is -2.97. The van der Waals surface area contributed by atoms with Crippen molar-refractivity contribution in [3.05, 3.63) is 70.5 Å². The van der Waals surface area contributed by atoms with Crippen molar-refractivity contribution in [1.29, 1.82) is 0 Å². The van der Waals surface area contributed by atoms with E-state index in [1.54, 1.807) is 30.3 Å². The first-order valence-electron chi connectivity index (χ1n) is 10.7. The predicted molar refractivity (Wildman–Crippen MR) is 122 cm³/mol. The van der Waals surface area contributed by atoms with Gasteiger partial charge in [0.1, 0.15) is 11.9 Å². The van der Waals surface area contributed by atoms with Gasteiger partial charge in [0.25, 0.3) is 5.91 Å². The molecule has 7 nitrogen and oxygen atoms in total. The molecule has 0 saturated heterocycles. The second-order valence-electron chi connectivity index (χ2n) is 8.47. The van der Waals surface area contributed by atoms with Gasteiger partial charge >= 0.3 is 0 Å². The minimum atomic E-state index is -1.20. The van der Waals surface area contributed by atoms with Gasteiger partial charge in [-0.1, -0.05) is 42.3 Å². The van der Waals surface area contributed by atoms with Gasteiger partial charge in [-0.3, -0.25) is 14.4 Å². The fraction of sp³-hybridized carbons (Fsp3) is 0.375. The van der Waals surface area contributed by atoms with Crippen molar-refractivity contribution in [3.8, 4) is 0 Å². The summed E-state index contributed by atoms with van der Waals surface area (Å²) < 4.78 is 13.3. The lowest BCUT2D eigenvalue weighted by atomic mass is 9.78. The lowest BCUT2D eigenvalue weighted by molar-refractivity contribution is -0.127. The van der Waals surface area contributed by atoms with Crippen LogP contribution in [-0.2, 0) is 16.0 Å². The van der Waals surface area contributed by atoms with Crippen LogP contribution in [0, 0.1) is 11.2 Å². The third kappa shape index (κ3) is 6.30. The molecular formula is C24H27ClFN3O4. The van der Waals surface area contributed by atoms with Gasteiger partial charge in [0.05, 0.1) is 23.1 Å². The predicted octanol–water partition coefficient (Wildman–Crippen LogP) is 2.34. The maximum atomic E-state index is 13.3. The average molecular weight is 476 g/mol. The molecule has 3 amide bonds. The number of hydrogen-bond donors (Lipinski definition) is 4. The highest BCUT2D eigenvalue weighted by molar-refractivity contribution is 6.33. The van der Waals surface area contributed by atoms with Crippen LogP contribution in [0.25, 0.3) is 0 Å². The highest BCUT2D eigenvalue weighted by atomic mass is 35.5. The summed E-state index contributed by atoms with van der Waals surface area (Å²) in [7, 11) is 0. The maximum Gasteiger partial charge on any atom is 0.253 e. The Balaban J connectivity index is 1.72. The molecule has 33 heavy (non-hydrogen) atoms. The molecule has 1 fully saturated rings. The van der Waals surface area contributed by atoms with Crippen molar-refractivity contribution >= 4 is 29.3 Å². The Bertz CT molecular complexity index is 1020. The topological polar surface area (TPSA) is 122 Å². The molecule has 0 bridgehead atoms. The second-order valence-corrected chi connectivity index (χ2v) is 8.87. The molecule has 0 heterocycles. The van der Waals surface area contributed by atoms with E-state index in [0.717, 1.165) is 12.0 Å². The Labute approximate surface area is 196 Å². The number of nitrogens with one attached hydrogen (secondary N) is 2. The first-order chi connectivity index (χ1) is 15.7. The largest absolute Gasteiger partial charge is 0.392 e. The summed E-state index contributed by atoms with van der Waals surface area (Å²) in [4.78, 5) is 37.1. The molecule has 2 aromatic carbocycles. The Morgan fingerprint density at radius 2 is 1.88 bits per heavy atom. The van der Waals surface area contributed by atoms with Crippen LogP contribution in [0.3, 0.4) is 0 Å². The average Bonchev–Trinajstić information content (AvgIpc) is 3.13. The third-order valence-electron chi connectivity index (χ3n) is 6.09. The van der Waals surface area contributed by atoms with Crippen LogP contribution in [0.1, 0.15) is 41.6 Å². The van der Waals surface area contributed by atoms with E-state index in [0.29, 0.717) is 19.3 Å². The molecule has 3 atom stereocenters. The summed E-state index contributed by atoms with van der Waals surface area (Å²) in [5, 5.41) is 16.2. The molecule has 9 heteroatoms. The van der Waals surface area contributed by atoms with E-state index in [1.807, 2.05) is 0 Å². The van der Waals surface area contributed by atoms with Crippen molar-refractivity contribution in [3.63, 3.8) is 0 Å². The van der Waals surface area contributed by atoms with Crippen molar-refractivity contribution in [2.24, 2.45) is 11.1 Å². The number of aliphatic hydroxyl groups is 1. The van der Waals surface area contributed by atoms with E-state index < -0.39 is 41.7 Å². The first kappa shape index (κ1) is 24.7. The lowest BCUT2D eigenvalue weighted by Gasteiger charge is -2.34. The summed E-state index contributed by atoms with van der Waals surface area (Å²) in [6, 6.07) is 11.2. The van der Waals surface area contributed by atoms with E-state index in [1.165, 1.54) is 18.2 Å². The van der Waals surface area contributed by atoms with Crippen LogP contribution in [0.2, 0.25) is 5.02 Å². The zero-order valence-corrected chi connectivity index (χ0v) is 18.8.